The summed E-state index contributed by atoms with van der Waals surface area (Å²) in [5.74, 6) is 0.383. The fourth-order valence-electron chi connectivity index (χ4n) is 3.61. The Bertz CT molecular complexity index is 1150. The number of nitrogens with zero attached hydrogens (tertiary/aromatic N) is 3. The van der Waals surface area contributed by atoms with Crippen LogP contribution in [0.15, 0.2) is 72.9 Å². The summed E-state index contributed by atoms with van der Waals surface area (Å²) in [6, 6.07) is 21.0. The lowest BCUT2D eigenvalue weighted by Gasteiger charge is -2.23. The van der Waals surface area contributed by atoms with Crippen LogP contribution in [0.25, 0.3) is 10.9 Å². The average molecular weight is 401 g/mol. The highest BCUT2D eigenvalue weighted by Gasteiger charge is 2.16. The van der Waals surface area contributed by atoms with Crippen LogP contribution in [0.4, 0.5) is 4.39 Å². The molecule has 0 fully saturated rings. The lowest BCUT2D eigenvalue weighted by Crippen LogP contribution is -2.24. The normalized spacial score (nSPS) is 11.2. The molecule has 30 heavy (non-hydrogen) atoms. The number of benzene rings is 2. The highest BCUT2D eigenvalue weighted by atomic mass is 19.1. The van der Waals surface area contributed by atoms with Gasteiger partial charge in [-0.25, -0.2) is 9.37 Å². The van der Waals surface area contributed by atoms with Gasteiger partial charge in [0, 0.05) is 42.3 Å². The van der Waals surface area contributed by atoms with Crippen molar-refractivity contribution < 1.29 is 9.13 Å². The van der Waals surface area contributed by atoms with E-state index in [-0.39, 0.29) is 5.82 Å². The van der Waals surface area contributed by atoms with Crippen LogP contribution in [-0.4, -0.2) is 22.0 Å². The van der Waals surface area contributed by atoms with Gasteiger partial charge in [-0.15, -0.1) is 0 Å². The number of fused-ring (bicyclic) bond motifs is 1. The number of rotatable bonds is 7. The molecule has 0 bridgehead atoms. The van der Waals surface area contributed by atoms with Crippen molar-refractivity contribution in [1.82, 2.24) is 14.9 Å². The molecule has 2 aromatic heterocycles. The maximum atomic E-state index is 14.3. The summed E-state index contributed by atoms with van der Waals surface area (Å²) in [6.07, 6.45) is 1.78. The first-order valence-electron chi connectivity index (χ1n) is 9.92. The Labute approximate surface area is 176 Å². The molecule has 4 nitrogen and oxygen atoms in total. The molecule has 5 heteroatoms. The molecular weight excluding hydrogens is 377 g/mol. The smallest absolute Gasteiger partial charge is 0.218 e. The molecule has 0 aliphatic heterocycles. The molecule has 152 valence electrons. The van der Waals surface area contributed by atoms with E-state index in [1.807, 2.05) is 42.5 Å². The molecule has 2 heterocycles. The largest absolute Gasteiger partial charge is 0.481 e. The van der Waals surface area contributed by atoms with E-state index in [0.29, 0.717) is 31.1 Å². The monoisotopic (exact) mass is 401 g/mol. The fourth-order valence-corrected chi connectivity index (χ4v) is 3.61. The van der Waals surface area contributed by atoms with Crippen molar-refractivity contribution in [2.24, 2.45) is 0 Å². The van der Waals surface area contributed by atoms with E-state index in [2.05, 4.69) is 33.9 Å². The fraction of sp³-hybridized carbons (Fsp3) is 0.200. The Morgan fingerprint density at radius 2 is 1.70 bits per heavy atom. The molecule has 0 aliphatic carbocycles. The molecule has 0 saturated carbocycles. The van der Waals surface area contributed by atoms with Crippen molar-refractivity contribution in [3.8, 4) is 5.88 Å². The summed E-state index contributed by atoms with van der Waals surface area (Å²) in [4.78, 5) is 11.3. The van der Waals surface area contributed by atoms with Gasteiger partial charge in [-0.3, -0.25) is 9.88 Å². The zero-order chi connectivity index (χ0) is 20.9. The van der Waals surface area contributed by atoms with Crippen molar-refractivity contribution in [1.29, 1.82) is 0 Å². The predicted molar refractivity (Wildman–Crippen MR) is 117 cm³/mol. The van der Waals surface area contributed by atoms with Crippen molar-refractivity contribution in [2.45, 2.75) is 26.6 Å². The Balaban J connectivity index is 1.69. The van der Waals surface area contributed by atoms with Gasteiger partial charge in [-0.2, -0.15) is 0 Å². The number of aryl methyl sites for hydroxylation is 1. The van der Waals surface area contributed by atoms with Crippen LogP contribution in [0, 0.1) is 12.7 Å². The number of hydrogen-bond donors (Lipinski definition) is 0. The molecule has 0 atom stereocenters. The molecule has 0 amide bonds. The summed E-state index contributed by atoms with van der Waals surface area (Å²) < 4.78 is 19.9. The first-order valence-corrected chi connectivity index (χ1v) is 9.92. The quantitative estimate of drug-likeness (QED) is 0.422. The molecule has 0 spiro atoms. The Hall–Kier alpha value is -3.31. The molecule has 4 rings (SSSR count). The molecule has 0 saturated heterocycles. The van der Waals surface area contributed by atoms with Gasteiger partial charge in [0.25, 0.3) is 0 Å². The first-order chi connectivity index (χ1) is 14.6. The van der Waals surface area contributed by atoms with Crippen LogP contribution in [0.3, 0.4) is 0 Å². The van der Waals surface area contributed by atoms with Gasteiger partial charge in [0.15, 0.2) is 0 Å². The van der Waals surface area contributed by atoms with Gasteiger partial charge < -0.3 is 4.74 Å². The van der Waals surface area contributed by atoms with Gasteiger partial charge in [0.2, 0.25) is 5.88 Å². The number of halogens is 1. The molecule has 0 radical (unpaired) electrons. The van der Waals surface area contributed by atoms with E-state index >= 15 is 0 Å². The zero-order valence-electron chi connectivity index (χ0n) is 17.2. The summed E-state index contributed by atoms with van der Waals surface area (Å²) in [7, 11) is 1.63. The van der Waals surface area contributed by atoms with Crippen LogP contribution >= 0.6 is 0 Å². The second-order valence-electron chi connectivity index (χ2n) is 7.41. The molecule has 0 aliphatic rings. The molecule has 4 aromatic rings. The van der Waals surface area contributed by atoms with Crippen molar-refractivity contribution >= 4 is 10.9 Å². The third-order valence-electron chi connectivity index (χ3n) is 5.06. The minimum Gasteiger partial charge on any atom is -0.481 e. The Morgan fingerprint density at radius 3 is 2.47 bits per heavy atom. The summed E-state index contributed by atoms with van der Waals surface area (Å²) in [5, 5.41) is 1.06. The van der Waals surface area contributed by atoms with Gasteiger partial charge in [0.05, 0.1) is 18.3 Å². The topological polar surface area (TPSA) is 38.2 Å². The van der Waals surface area contributed by atoms with E-state index in [1.165, 1.54) is 11.6 Å². The van der Waals surface area contributed by atoms with Crippen molar-refractivity contribution in [3.05, 3.63) is 101 Å². The van der Waals surface area contributed by atoms with E-state index in [1.54, 1.807) is 19.4 Å². The van der Waals surface area contributed by atoms with E-state index < -0.39 is 0 Å². The summed E-state index contributed by atoms with van der Waals surface area (Å²) >= 11 is 0. The number of methoxy groups -OCH3 is 1. The lowest BCUT2D eigenvalue weighted by atomic mass is 10.1. The molecule has 0 unspecified atom stereocenters. The minimum absolute atomic E-state index is 0.206. The van der Waals surface area contributed by atoms with Gasteiger partial charge in [-0.05, 0) is 43.3 Å². The maximum absolute atomic E-state index is 14.3. The van der Waals surface area contributed by atoms with Crippen molar-refractivity contribution in [2.75, 3.05) is 7.11 Å². The van der Waals surface area contributed by atoms with E-state index in [9.17, 15) is 4.39 Å². The summed E-state index contributed by atoms with van der Waals surface area (Å²) in [6.45, 7) is 3.67. The van der Waals surface area contributed by atoms with Gasteiger partial charge in [0.1, 0.15) is 5.82 Å². The Morgan fingerprint density at radius 1 is 0.900 bits per heavy atom. The highest BCUT2D eigenvalue weighted by molar-refractivity contribution is 5.80. The van der Waals surface area contributed by atoms with Crippen LogP contribution in [0.5, 0.6) is 5.88 Å². The van der Waals surface area contributed by atoms with Crippen LogP contribution < -0.4 is 4.74 Å². The van der Waals surface area contributed by atoms with Crippen LogP contribution in [0.2, 0.25) is 0 Å². The third-order valence-corrected chi connectivity index (χ3v) is 5.06. The first kappa shape index (κ1) is 20.0. The zero-order valence-corrected chi connectivity index (χ0v) is 17.2. The SMILES string of the molecule is COc1nc2ccc(C)cc2cc1CN(Cc1ccccn1)Cc1ccccc1F. The highest BCUT2D eigenvalue weighted by Crippen LogP contribution is 2.26. The van der Waals surface area contributed by atoms with Crippen LogP contribution in [0.1, 0.15) is 22.4 Å². The molecule has 0 N–H and O–H groups in total. The second-order valence-corrected chi connectivity index (χ2v) is 7.41. The van der Waals surface area contributed by atoms with Crippen LogP contribution in [-0.2, 0) is 19.6 Å². The minimum atomic E-state index is -0.206. The van der Waals surface area contributed by atoms with Gasteiger partial charge >= 0.3 is 0 Å². The standard InChI is InChI=1S/C25H24FN3O/c1-18-10-11-24-20(13-18)14-21(25(28-24)30-2)16-29(17-22-8-5-6-12-27-22)15-19-7-3-4-9-23(19)26/h3-14H,15-17H2,1-2H3. The Kier molecular flexibility index (Phi) is 6.00. The molecular formula is C25H24FN3O. The number of pyridine rings is 2. The number of hydrogen-bond acceptors (Lipinski definition) is 4. The molecule has 2 aromatic carbocycles. The van der Waals surface area contributed by atoms with E-state index in [4.69, 9.17) is 4.74 Å². The van der Waals surface area contributed by atoms with Gasteiger partial charge in [-0.1, -0.05) is 35.9 Å². The summed E-state index contributed by atoms with van der Waals surface area (Å²) in [5.41, 5.74) is 4.61. The third kappa shape index (κ3) is 4.63. The number of aromatic nitrogens is 2. The maximum Gasteiger partial charge on any atom is 0.218 e. The predicted octanol–water partition coefficient (Wildman–Crippen LogP) is 5.29. The second kappa shape index (κ2) is 9.01. The lowest BCUT2D eigenvalue weighted by molar-refractivity contribution is 0.236. The van der Waals surface area contributed by atoms with Crippen molar-refractivity contribution in [3.63, 3.8) is 0 Å². The van der Waals surface area contributed by atoms with E-state index in [0.717, 1.165) is 22.2 Å². The average Bonchev–Trinajstić information content (AvgIpc) is 2.75. The number of ether oxygens (including phenoxy) is 1.